The molecule has 0 bridgehead atoms. The molecule has 0 aromatic heterocycles. The first kappa shape index (κ1) is 22.7. The zero-order valence-electron chi connectivity index (χ0n) is 15.8. The van der Waals surface area contributed by atoms with Crippen LogP contribution in [0.25, 0.3) is 0 Å². The number of carboxylic acid groups (broad SMARTS) is 2. The number of aromatic hydroxyl groups is 1. The van der Waals surface area contributed by atoms with Crippen molar-refractivity contribution < 1.29 is 30.0 Å². The molecule has 1 atom stereocenters. The van der Waals surface area contributed by atoms with Gasteiger partial charge in [0.25, 0.3) is 0 Å². The molecule has 0 saturated heterocycles. The van der Waals surface area contributed by atoms with Crippen molar-refractivity contribution in [3.63, 3.8) is 0 Å². The van der Waals surface area contributed by atoms with Crippen molar-refractivity contribution in [3.05, 3.63) is 42.0 Å². The molecule has 2 rings (SSSR count). The summed E-state index contributed by atoms with van der Waals surface area (Å²) >= 11 is 0. The molecule has 1 unspecified atom stereocenters. The highest BCUT2D eigenvalue weighted by Gasteiger charge is 2.38. The molecule has 1 aliphatic carbocycles. The number of carboxylic acids is 2. The second-order valence-electron chi connectivity index (χ2n) is 7.08. The Balaban J connectivity index is 0.000000387. The molecule has 0 heterocycles. The van der Waals surface area contributed by atoms with Gasteiger partial charge in [-0.25, -0.2) is 9.59 Å². The summed E-state index contributed by atoms with van der Waals surface area (Å²) < 4.78 is 0. The van der Waals surface area contributed by atoms with E-state index in [0.29, 0.717) is 12.2 Å². The standard InChI is InChI=1S/C16H25NO2.C4H4O4/c1-17(2)12-15(13-6-8-14(18)9-7-13)16(19)10-4-3-5-11-16;5-3(6)1-2-4(7)8/h6-9,15,18-19H,3-5,10-12H2,1-2H3;1-2H,(H,5,6)(H,7,8)/b;2-1+. The average molecular weight is 379 g/mol. The second kappa shape index (κ2) is 10.7. The fourth-order valence-corrected chi connectivity index (χ4v) is 3.31. The SMILES string of the molecule is CN(C)CC(c1ccc(O)cc1)C1(O)CCCCC1.O=C(O)/C=C/C(=O)O. The van der Waals surface area contributed by atoms with Gasteiger partial charge in [-0.05, 0) is 44.6 Å². The Bertz CT molecular complexity index is 616. The Morgan fingerprint density at radius 1 is 1.04 bits per heavy atom. The fraction of sp³-hybridized carbons (Fsp3) is 0.500. The number of carbonyl (C=O) groups is 2. The Hall–Kier alpha value is -2.38. The van der Waals surface area contributed by atoms with Crippen molar-refractivity contribution in [2.24, 2.45) is 0 Å². The Morgan fingerprint density at radius 3 is 1.93 bits per heavy atom. The summed E-state index contributed by atoms with van der Waals surface area (Å²) in [5, 5.41) is 36.1. The molecule has 1 aromatic rings. The Morgan fingerprint density at radius 2 is 1.52 bits per heavy atom. The highest BCUT2D eigenvalue weighted by atomic mass is 16.4. The Labute approximate surface area is 159 Å². The lowest BCUT2D eigenvalue weighted by molar-refractivity contribution is -0.134. The quantitative estimate of drug-likeness (QED) is 0.561. The first-order valence-electron chi connectivity index (χ1n) is 8.94. The Kier molecular flexibility index (Phi) is 8.97. The van der Waals surface area contributed by atoms with Gasteiger partial charge in [-0.15, -0.1) is 0 Å². The van der Waals surface area contributed by atoms with Crippen molar-refractivity contribution in [2.45, 2.75) is 43.6 Å². The van der Waals surface area contributed by atoms with Crippen molar-refractivity contribution in [1.29, 1.82) is 0 Å². The summed E-state index contributed by atoms with van der Waals surface area (Å²) in [4.78, 5) is 21.2. The third kappa shape index (κ3) is 8.23. The summed E-state index contributed by atoms with van der Waals surface area (Å²) in [5.74, 6) is -2.12. The predicted molar refractivity (Wildman–Crippen MR) is 102 cm³/mol. The van der Waals surface area contributed by atoms with E-state index in [-0.39, 0.29) is 11.7 Å². The third-order valence-corrected chi connectivity index (χ3v) is 4.58. The minimum Gasteiger partial charge on any atom is -0.508 e. The topological polar surface area (TPSA) is 118 Å². The summed E-state index contributed by atoms with van der Waals surface area (Å²) in [6.07, 6.45) is 6.33. The zero-order valence-corrected chi connectivity index (χ0v) is 15.8. The van der Waals surface area contributed by atoms with E-state index in [4.69, 9.17) is 10.2 Å². The van der Waals surface area contributed by atoms with Crippen LogP contribution in [0.5, 0.6) is 5.75 Å². The fourth-order valence-electron chi connectivity index (χ4n) is 3.31. The van der Waals surface area contributed by atoms with Crippen LogP contribution < -0.4 is 0 Å². The number of aliphatic hydroxyl groups is 1. The van der Waals surface area contributed by atoms with Crippen LogP contribution in [-0.2, 0) is 9.59 Å². The van der Waals surface area contributed by atoms with Crippen LogP contribution in [0.4, 0.5) is 0 Å². The van der Waals surface area contributed by atoms with Crippen molar-refractivity contribution in [3.8, 4) is 5.75 Å². The molecule has 1 fully saturated rings. The van der Waals surface area contributed by atoms with Gasteiger partial charge in [0, 0.05) is 24.6 Å². The minimum atomic E-state index is -1.26. The van der Waals surface area contributed by atoms with Gasteiger partial charge in [-0.1, -0.05) is 31.4 Å². The maximum atomic E-state index is 11.0. The largest absolute Gasteiger partial charge is 0.508 e. The van der Waals surface area contributed by atoms with Gasteiger partial charge in [0.2, 0.25) is 0 Å². The molecule has 150 valence electrons. The van der Waals surface area contributed by atoms with Crippen LogP contribution in [0.2, 0.25) is 0 Å². The van der Waals surface area contributed by atoms with Gasteiger partial charge < -0.3 is 25.3 Å². The highest BCUT2D eigenvalue weighted by Crippen LogP contribution is 2.40. The summed E-state index contributed by atoms with van der Waals surface area (Å²) in [5.41, 5.74) is 0.523. The molecule has 1 saturated carbocycles. The second-order valence-corrected chi connectivity index (χ2v) is 7.08. The number of phenols is 1. The van der Waals surface area contributed by atoms with Crippen LogP contribution in [0.3, 0.4) is 0 Å². The maximum absolute atomic E-state index is 11.0. The van der Waals surface area contributed by atoms with Gasteiger partial charge in [0.1, 0.15) is 5.75 Å². The molecule has 0 radical (unpaired) electrons. The molecule has 4 N–H and O–H groups in total. The van der Waals surface area contributed by atoms with Gasteiger partial charge in [-0.2, -0.15) is 0 Å². The van der Waals surface area contributed by atoms with E-state index in [0.717, 1.165) is 37.8 Å². The molecule has 1 aliphatic rings. The lowest BCUT2D eigenvalue weighted by Crippen LogP contribution is -2.42. The first-order valence-corrected chi connectivity index (χ1v) is 8.94. The van der Waals surface area contributed by atoms with E-state index < -0.39 is 17.5 Å². The van der Waals surface area contributed by atoms with Crippen LogP contribution >= 0.6 is 0 Å². The summed E-state index contributed by atoms with van der Waals surface area (Å²) in [6, 6.07) is 7.31. The number of aliphatic carboxylic acids is 2. The van der Waals surface area contributed by atoms with Crippen LogP contribution in [-0.4, -0.2) is 63.5 Å². The molecule has 0 amide bonds. The molecular weight excluding hydrogens is 350 g/mol. The molecule has 0 aliphatic heterocycles. The van der Waals surface area contributed by atoms with Crippen LogP contribution in [0.1, 0.15) is 43.6 Å². The maximum Gasteiger partial charge on any atom is 0.328 e. The van der Waals surface area contributed by atoms with Gasteiger partial charge in [-0.3, -0.25) is 0 Å². The number of phenolic OH excluding ortho intramolecular Hbond substituents is 1. The number of benzene rings is 1. The lowest BCUT2D eigenvalue weighted by Gasteiger charge is -2.40. The molecule has 0 spiro atoms. The van der Waals surface area contributed by atoms with Gasteiger partial charge in [0.15, 0.2) is 0 Å². The normalized spacial score (nSPS) is 17.2. The molecule has 27 heavy (non-hydrogen) atoms. The van der Waals surface area contributed by atoms with Crippen molar-refractivity contribution in [1.82, 2.24) is 4.90 Å². The number of hydrogen-bond donors (Lipinski definition) is 4. The molecule has 1 aromatic carbocycles. The number of nitrogens with zero attached hydrogens (tertiary/aromatic N) is 1. The summed E-state index contributed by atoms with van der Waals surface area (Å²) in [7, 11) is 4.08. The molecule has 7 heteroatoms. The number of hydrogen-bond acceptors (Lipinski definition) is 5. The van der Waals surface area contributed by atoms with Crippen molar-refractivity contribution in [2.75, 3.05) is 20.6 Å². The first-order chi connectivity index (χ1) is 12.6. The molecule has 7 nitrogen and oxygen atoms in total. The van der Waals surface area contributed by atoms with E-state index in [2.05, 4.69) is 4.90 Å². The van der Waals surface area contributed by atoms with Gasteiger partial charge in [0.05, 0.1) is 5.60 Å². The van der Waals surface area contributed by atoms with E-state index in [1.54, 1.807) is 12.1 Å². The van der Waals surface area contributed by atoms with Crippen LogP contribution in [0.15, 0.2) is 36.4 Å². The third-order valence-electron chi connectivity index (χ3n) is 4.58. The van der Waals surface area contributed by atoms with Crippen molar-refractivity contribution >= 4 is 11.9 Å². The average Bonchev–Trinajstić information content (AvgIpc) is 2.60. The van der Waals surface area contributed by atoms with E-state index in [9.17, 15) is 19.8 Å². The number of rotatable bonds is 6. The monoisotopic (exact) mass is 379 g/mol. The van der Waals surface area contributed by atoms with Crippen LogP contribution in [0, 0.1) is 0 Å². The minimum absolute atomic E-state index is 0.114. The van der Waals surface area contributed by atoms with Gasteiger partial charge >= 0.3 is 11.9 Å². The summed E-state index contributed by atoms with van der Waals surface area (Å²) in [6.45, 7) is 0.835. The molecular formula is C20H29NO6. The zero-order chi connectivity index (χ0) is 20.4. The van der Waals surface area contributed by atoms with E-state index >= 15 is 0 Å². The smallest absolute Gasteiger partial charge is 0.328 e. The van der Waals surface area contributed by atoms with E-state index in [1.165, 1.54) is 6.42 Å². The number of likely N-dealkylation sites (N-methyl/N-ethyl adjacent to an activating group) is 1. The van der Waals surface area contributed by atoms with E-state index in [1.807, 2.05) is 26.2 Å². The lowest BCUT2D eigenvalue weighted by atomic mass is 9.72. The predicted octanol–water partition coefficient (Wildman–Crippen LogP) is 2.44. The highest BCUT2D eigenvalue weighted by molar-refractivity contribution is 5.89.